The van der Waals surface area contributed by atoms with Crippen LogP contribution in [0.1, 0.15) is 201 Å². The predicted octanol–water partition coefficient (Wildman–Crippen LogP) is 12.4. The average molecular weight is 523 g/mol. The van der Waals surface area contributed by atoms with Crippen molar-refractivity contribution < 1.29 is 9.53 Å². The van der Waals surface area contributed by atoms with E-state index in [9.17, 15) is 4.79 Å². The van der Waals surface area contributed by atoms with E-state index < -0.39 is 0 Å². The fourth-order valence-electron chi connectivity index (χ4n) is 5.49. The van der Waals surface area contributed by atoms with Gasteiger partial charge in [-0.1, -0.05) is 182 Å². The van der Waals surface area contributed by atoms with Gasteiger partial charge in [0.1, 0.15) is 0 Å². The van der Waals surface area contributed by atoms with Crippen molar-refractivity contribution in [1.82, 2.24) is 0 Å². The molecule has 0 aromatic carbocycles. The molecule has 0 heterocycles. The molecule has 2 unspecified atom stereocenters. The molecule has 0 aromatic heterocycles. The van der Waals surface area contributed by atoms with Crippen molar-refractivity contribution in [2.75, 3.05) is 6.61 Å². The summed E-state index contributed by atoms with van der Waals surface area (Å²) in [6.07, 6.45) is 36.1. The molecular weight excluding hydrogens is 452 g/mol. The number of unbranched alkanes of at least 4 members (excludes halogenated alkanes) is 21. The third-order valence-electron chi connectivity index (χ3n) is 8.29. The van der Waals surface area contributed by atoms with Crippen LogP contribution in [0.5, 0.6) is 0 Å². The molecule has 0 spiro atoms. The first-order valence-corrected chi connectivity index (χ1v) is 17.3. The SMILES string of the molecule is CCCCCCCCCCCCCCC(CCCCCCCCC)COC(=O)C(C)CCCCCCC. The zero-order chi connectivity index (χ0) is 27.2. The average Bonchev–Trinajstić information content (AvgIpc) is 2.90. The Hall–Kier alpha value is -0.530. The molecule has 2 atom stereocenters. The lowest BCUT2D eigenvalue weighted by molar-refractivity contribution is -0.149. The fourth-order valence-corrected chi connectivity index (χ4v) is 5.49. The minimum atomic E-state index is 0.0507. The summed E-state index contributed by atoms with van der Waals surface area (Å²) in [6, 6.07) is 0. The van der Waals surface area contributed by atoms with Crippen LogP contribution in [-0.4, -0.2) is 12.6 Å². The Balaban J connectivity index is 4.09. The van der Waals surface area contributed by atoms with E-state index in [1.807, 2.05) is 0 Å². The standard InChI is InChI=1S/C35H70O2/c1-5-8-11-14-16-17-18-19-20-22-25-28-31-34(30-27-24-21-15-12-9-6-2)32-37-35(36)33(4)29-26-23-13-10-7-3/h33-34H,5-32H2,1-4H3. The Kier molecular flexibility index (Phi) is 29.6. The molecule has 0 amide bonds. The van der Waals surface area contributed by atoms with Gasteiger partial charge in [0.25, 0.3) is 0 Å². The molecule has 0 aromatic rings. The van der Waals surface area contributed by atoms with E-state index in [1.54, 1.807) is 0 Å². The molecule has 0 saturated heterocycles. The summed E-state index contributed by atoms with van der Waals surface area (Å²) in [6.45, 7) is 9.56. The molecular formula is C35H70O2. The van der Waals surface area contributed by atoms with Gasteiger partial charge in [0.05, 0.1) is 12.5 Å². The number of ether oxygens (including phenoxy) is 1. The molecule has 0 radical (unpaired) electrons. The molecule has 37 heavy (non-hydrogen) atoms. The molecule has 2 nitrogen and oxygen atoms in total. The molecule has 0 N–H and O–H groups in total. The summed E-state index contributed by atoms with van der Waals surface area (Å²) in [5.74, 6) is 0.682. The van der Waals surface area contributed by atoms with Gasteiger partial charge in [-0.3, -0.25) is 4.79 Å². The number of hydrogen-bond donors (Lipinski definition) is 0. The normalized spacial score (nSPS) is 13.1. The monoisotopic (exact) mass is 523 g/mol. The second-order valence-electron chi connectivity index (χ2n) is 12.2. The van der Waals surface area contributed by atoms with Crippen molar-refractivity contribution in [2.45, 2.75) is 201 Å². The van der Waals surface area contributed by atoms with Crippen LogP contribution in [0.4, 0.5) is 0 Å². The topological polar surface area (TPSA) is 26.3 Å². The van der Waals surface area contributed by atoms with E-state index >= 15 is 0 Å². The van der Waals surface area contributed by atoms with Crippen LogP contribution in [0.2, 0.25) is 0 Å². The van der Waals surface area contributed by atoms with Crippen LogP contribution in [-0.2, 0) is 9.53 Å². The van der Waals surface area contributed by atoms with Gasteiger partial charge in [0, 0.05) is 0 Å². The maximum Gasteiger partial charge on any atom is 0.308 e. The third kappa shape index (κ3) is 26.8. The minimum absolute atomic E-state index is 0.0507. The summed E-state index contributed by atoms with van der Waals surface area (Å²) in [5, 5.41) is 0. The van der Waals surface area contributed by atoms with E-state index in [1.165, 1.54) is 161 Å². The van der Waals surface area contributed by atoms with Gasteiger partial charge >= 0.3 is 5.97 Å². The number of esters is 1. The number of hydrogen-bond acceptors (Lipinski definition) is 2. The summed E-state index contributed by atoms with van der Waals surface area (Å²) < 4.78 is 5.87. The molecule has 0 aliphatic carbocycles. The van der Waals surface area contributed by atoms with Crippen LogP contribution in [0, 0.1) is 11.8 Å². The first-order chi connectivity index (χ1) is 18.2. The Morgan fingerprint density at radius 2 is 0.757 bits per heavy atom. The smallest absolute Gasteiger partial charge is 0.308 e. The van der Waals surface area contributed by atoms with Crippen LogP contribution in [0.3, 0.4) is 0 Å². The van der Waals surface area contributed by atoms with Crippen LogP contribution in [0.25, 0.3) is 0 Å². The van der Waals surface area contributed by atoms with Crippen molar-refractivity contribution >= 4 is 5.97 Å². The van der Waals surface area contributed by atoms with E-state index in [2.05, 4.69) is 27.7 Å². The van der Waals surface area contributed by atoms with Crippen molar-refractivity contribution in [1.29, 1.82) is 0 Å². The number of carbonyl (C=O) groups excluding carboxylic acids is 1. The van der Waals surface area contributed by atoms with Crippen molar-refractivity contribution in [2.24, 2.45) is 11.8 Å². The van der Waals surface area contributed by atoms with E-state index in [-0.39, 0.29) is 11.9 Å². The zero-order valence-electron chi connectivity index (χ0n) is 26.3. The molecule has 0 aliphatic rings. The maximum atomic E-state index is 12.6. The molecule has 0 fully saturated rings. The van der Waals surface area contributed by atoms with Gasteiger partial charge < -0.3 is 4.74 Å². The minimum Gasteiger partial charge on any atom is -0.465 e. The lowest BCUT2D eigenvalue weighted by Crippen LogP contribution is -2.20. The van der Waals surface area contributed by atoms with Crippen molar-refractivity contribution in [3.8, 4) is 0 Å². The lowest BCUT2D eigenvalue weighted by atomic mass is 9.94. The number of rotatable bonds is 30. The summed E-state index contributed by atoms with van der Waals surface area (Å²) in [5.41, 5.74) is 0. The van der Waals surface area contributed by atoms with Crippen LogP contribution < -0.4 is 0 Å². The Bertz CT molecular complexity index is 447. The van der Waals surface area contributed by atoms with Gasteiger partial charge in [-0.25, -0.2) is 0 Å². The molecule has 0 aliphatic heterocycles. The summed E-state index contributed by atoms with van der Waals surface area (Å²) >= 11 is 0. The molecule has 0 saturated carbocycles. The van der Waals surface area contributed by atoms with Gasteiger partial charge in [-0.2, -0.15) is 0 Å². The Labute approximate surface area is 234 Å². The highest BCUT2D eigenvalue weighted by atomic mass is 16.5. The third-order valence-corrected chi connectivity index (χ3v) is 8.29. The van der Waals surface area contributed by atoms with Crippen LogP contribution in [0.15, 0.2) is 0 Å². The van der Waals surface area contributed by atoms with E-state index in [0.717, 1.165) is 12.8 Å². The van der Waals surface area contributed by atoms with Gasteiger partial charge in [0.2, 0.25) is 0 Å². The first-order valence-electron chi connectivity index (χ1n) is 17.3. The highest BCUT2D eigenvalue weighted by molar-refractivity contribution is 5.71. The second-order valence-corrected chi connectivity index (χ2v) is 12.2. The quantitative estimate of drug-likeness (QED) is 0.0692. The van der Waals surface area contributed by atoms with Gasteiger partial charge in [0.15, 0.2) is 0 Å². The molecule has 222 valence electrons. The van der Waals surface area contributed by atoms with Gasteiger partial charge in [-0.15, -0.1) is 0 Å². The molecule has 0 bridgehead atoms. The molecule has 0 rings (SSSR count). The largest absolute Gasteiger partial charge is 0.465 e. The van der Waals surface area contributed by atoms with E-state index in [4.69, 9.17) is 4.74 Å². The van der Waals surface area contributed by atoms with Crippen LogP contribution >= 0.6 is 0 Å². The highest BCUT2D eigenvalue weighted by Gasteiger charge is 2.17. The molecule has 2 heteroatoms. The summed E-state index contributed by atoms with van der Waals surface area (Å²) in [7, 11) is 0. The zero-order valence-corrected chi connectivity index (χ0v) is 26.3. The fraction of sp³-hybridized carbons (Fsp3) is 0.971. The number of carbonyl (C=O) groups is 1. The summed E-state index contributed by atoms with van der Waals surface area (Å²) in [4.78, 5) is 12.6. The maximum absolute atomic E-state index is 12.6. The first kappa shape index (κ1) is 36.5. The second kappa shape index (κ2) is 30.0. The van der Waals surface area contributed by atoms with Gasteiger partial charge in [-0.05, 0) is 25.2 Å². The Morgan fingerprint density at radius 1 is 0.459 bits per heavy atom. The predicted molar refractivity (Wildman–Crippen MR) is 165 cm³/mol. The highest BCUT2D eigenvalue weighted by Crippen LogP contribution is 2.21. The van der Waals surface area contributed by atoms with E-state index in [0.29, 0.717) is 12.5 Å². The lowest BCUT2D eigenvalue weighted by Gasteiger charge is -2.19. The van der Waals surface area contributed by atoms with Crippen molar-refractivity contribution in [3.05, 3.63) is 0 Å². The van der Waals surface area contributed by atoms with Crippen molar-refractivity contribution in [3.63, 3.8) is 0 Å². The Morgan fingerprint density at radius 3 is 1.11 bits per heavy atom.